The third-order valence-electron chi connectivity index (χ3n) is 3.75. The van der Waals surface area contributed by atoms with Gasteiger partial charge in [0, 0.05) is 24.2 Å². The van der Waals surface area contributed by atoms with Gasteiger partial charge in [0.25, 0.3) is 0 Å². The molecule has 1 heterocycles. The van der Waals surface area contributed by atoms with Gasteiger partial charge in [0.05, 0.1) is 13.2 Å². The Balaban J connectivity index is 2.41. The zero-order valence-corrected chi connectivity index (χ0v) is 18.0. The summed E-state index contributed by atoms with van der Waals surface area (Å²) in [6, 6.07) is 8.25. The molecule has 2 atom stereocenters. The van der Waals surface area contributed by atoms with Crippen molar-refractivity contribution in [3.63, 3.8) is 0 Å². The molecule has 0 amide bonds. The molecule has 1 unspecified atom stereocenters. The number of pyridine rings is 1. The van der Waals surface area contributed by atoms with Crippen LogP contribution in [-0.2, 0) is 11.4 Å². The van der Waals surface area contributed by atoms with E-state index >= 15 is 0 Å². The van der Waals surface area contributed by atoms with Gasteiger partial charge in [0.15, 0.2) is 0 Å². The molecule has 0 radical (unpaired) electrons. The number of phenols is 1. The number of aliphatic hydroxyl groups excluding tert-OH is 1. The Kier molecular flexibility index (Phi) is 7.27. The Morgan fingerprint density at radius 1 is 1.33 bits per heavy atom. The van der Waals surface area contributed by atoms with Gasteiger partial charge in [-0.1, -0.05) is 10.5 Å². The fourth-order valence-electron chi connectivity index (χ4n) is 2.20. The van der Waals surface area contributed by atoms with Gasteiger partial charge < -0.3 is 19.5 Å². The van der Waals surface area contributed by atoms with Crippen molar-refractivity contribution in [1.82, 2.24) is 4.98 Å². The summed E-state index contributed by atoms with van der Waals surface area (Å²) in [5, 5.41) is 21.0. The Morgan fingerprint density at radius 3 is 2.56 bits per heavy atom. The predicted molar refractivity (Wildman–Crippen MR) is 111 cm³/mol. The van der Waals surface area contributed by atoms with Crippen molar-refractivity contribution in [2.24, 2.45) is 4.40 Å². The first kappa shape index (κ1) is 21.7. The molecule has 1 aromatic heterocycles. The van der Waals surface area contributed by atoms with E-state index in [-0.39, 0.29) is 12.2 Å². The van der Waals surface area contributed by atoms with E-state index in [2.05, 4.69) is 25.3 Å². The molecule has 0 saturated heterocycles. The van der Waals surface area contributed by atoms with Crippen LogP contribution in [0.15, 0.2) is 45.5 Å². The summed E-state index contributed by atoms with van der Waals surface area (Å²) in [4.78, 5) is 4.11. The van der Waals surface area contributed by atoms with Crippen molar-refractivity contribution >= 4 is 33.0 Å². The van der Waals surface area contributed by atoms with E-state index in [4.69, 9.17) is 4.74 Å². The van der Waals surface area contributed by atoms with Crippen LogP contribution in [0, 0.1) is 0 Å². The summed E-state index contributed by atoms with van der Waals surface area (Å²) in [6.45, 7) is 5.44. The minimum atomic E-state index is -1.55. The van der Waals surface area contributed by atoms with E-state index in [1.165, 1.54) is 13.2 Å². The van der Waals surface area contributed by atoms with Gasteiger partial charge in [-0.15, -0.1) is 0 Å². The number of nitrogens with zero attached hydrogens (tertiary/aromatic N) is 2. The highest BCUT2D eigenvalue weighted by atomic mass is 79.9. The van der Waals surface area contributed by atoms with Crippen molar-refractivity contribution in [2.75, 3.05) is 7.11 Å². The average Bonchev–Trinajstić information content (AvgIpc) is 2.60. The number of ether oxygens (including phenoxy) is 1. The molecule has 6 nitrogen and oxygen atoms in total. The number of hydrogen-bond donors (Lipinski definition) is 2. The highest BCUT2D eigenvalue weighted by molar-refractivity contribution is 9.10. The first-order valence-electron chi connectivity index (χ1n) is 8.28. The van der Waals surface area contributed by atoms with Crippen LogP contribution in [0.2, 0.25) is 0 Å². The molecule has 0 spiro atoms. The molecule has 27 heavy (non-hydrogen) atoms. The van der Waals surface area contributed by atoms with Crippen LogP contribution in [-0.4, -0.2) is 37.3 Å². The van der Waals surface area contributed by atoms with Crippen LogP contribution in [0.3, 0.4) is 0 Å². The van der Waals surface area contributed by atoms with Crippen molar-refractivity contribution in [1.29, 1.82) is 0 Å². The second-order valence-electron chi connectivity index (χ2n) is 6.92. The number of methoxy groups -OCH3 is 1. The molecule has 0 saturated carbocycles. The lowest BCUT2D eigenvalue weighted by Gasteiger charge is -2.21. The third kappa shape index (κ3) is 5.93. The first-order valence-corrected chi connectivity index (χ1v) is 10.2. The number of benzene rings is 1. The predicted octanol–water partition coefficient (Wildman–Crippen LogP) is 3.93. The summed E-state index contributed by atoms with van der Waals surface area (Å²) in [5.74, 6) is 0.436. The number of halogens is 1. The maximum absolute atomic E-state index is 12.6. The highest BCUT2D eigenvalue weighted by Gasteiger charge is 2.29. The Labute approximate surface area is 170 Å². The van der Waals surface area contributed by atoms with Crippen molar-refractivity contribution in [3.05, 3.63) is 52.3 Å². The minimum Gasteiger partial charge on any atom is -0.591 e. The maximum atomic E-state index is 12.6. The van der Waals surface area contributed by atoms with Crippen LogP contribution in [0.1, 0.15) is 44.4 Å². The average molecular weight is 455 g/mol. The number of aromatic nitrogens is 1. The Morgan fingerprint density at radius 2 is 2.04 bits per heavy atom. The molecule has 2 aromatic rings. The lowest BCUT2D eigenvalue weighted by Crippen LogP contribution is -2.27. The van der Waals surface area contributed by atoms with Gasteiger partial charge in [-0.05, 0) is 60.5 Å². The van der Waals surface area contributed by atoms with Gasteiger partial charge >= 0.3 is 0 Å². The van der Waals surface area contributed by atoms with E-state index in [1.807, 2.05) is 20.8 Å². The van der Waals surface area contributed by atoms with E-state index in [0.29, 0.717) is 27.2 Å². The molecular formula is C19H23BrN2O4S. The number of hydrogen-bond acceptors (Lipinski definition) is 6. The Bertz CT molecular complexity index is 806. The molecule has 8 heteroatoms. The molecule has 2 N–H and O–H groups in total. The molecule has 0 bridgehead atoms. The van der Waals surface area contributed by atoms with E-state index in [9.17, 15) is 14.8 Å². The fraction of sp³-hybridized carbons (Fsp3) is 0.368. The zero-order chi connectivity index (χ0) is 20.2. The summed E-state index contributed by atoms with van der Waals surface area (Å²) in [5.41, 5.74) is 1.34. The van der Waals surface area contributed by atoms with Crippen LogP contribution < -0.4 is 4.74 Å². The SMILES string of the molecule is COc1ccc(/C(CC(O)c2ccc(Br)nc2)=N/[S@@+]([O-])C(C)(C)C)c(O)c1. The second kappa shape index (κ2) is 9.05. The van der Waals surface area contributed by atoms with Crippen molar-refractivity contribution in [2.45, 2.75) is 38.0 Å². The number of phenolic OH excluding ortho intramolecular Hbond substituents is 1. The zero-order valence-electron chi connectivity index (χ0n) is 15.6. The van der Waals surface area contributed by atoms with E-state index < -0.39 is 22.2 Å². The topological polar surface area (TPSA) is 98.0 Å². The van der Waals surface area contributed by atoms with E-state index in [1.54, 1.807) is 30.5 Å². The van der Waals surface area contributed by atoms with Crippen LogP contribution in [0.5, 0.6) is 11.5 Å². The molecule has 0 aliphatic heterocycles. The van der Waals surface area contributed by atoms with Gasteiger partial charge in [0.2, 0.25) is 0 Å². The fourth-order valence-corrected chi connectivity index (χ4v) is 3.08. The summed E-state index contributed by atoms with van der Waals surface area (Å²) in [7, 11) is 1.50. The Hall–Kier alpha value is -1.61. The number of aliphatic hydroxyl groups is 1. The highest BCUT2D eigenvalue weighted by Crippen LogP contribution is 2.29. The molecule has 1 aromatic carbocycles. The van der Waals surface area contributed by atoms with Gasteiger partial charge in [0.1, 0.15) is 37.9 Å². The van der Waals surface area contributed by atoms with Gasteiger partial charge in [-0.25, -0.2) is 4.98 Å². The van der Waals surface area contributed by atoms with Crippen LogP contribution >= 0.6 is 15.9 Å². The maximum Gasteiger partial charge on any atom is 0.144 e. The first-order chi connectivity index (χ1) is 12.6. The second-order valence-corrected chi connectivity index (χ2v) is 9.63. The van der Waals surface area contributed by atoms with Crippen LogP contribution in [0.25, 0.3) is 0 Å². The quantitative estimate of drug-likeness (QED) is 0.391. The van der Waals surface area contributed by atoms with Crippen molar-refractivity contribution < 1.29 is 19.5 Å². The standard InChI is InChI=1S/C19H23BrN2O4S/c1-19(2,3)27(25)22-15(14-7-6-13(26-4)9-17(14)24)10-16(23)12-5-8-18(20)21-11-12/h5-9,11,16,23-24H,10H2,1-4H3/b22-15+/t16?,27-/m0/s1. The van der Waals surface area contributed by atoms with Crippen molar-refractivity contribution in [3.8, 4) is 11.5 Å². The normalized spacial score (nSPS) is 14.7. The van der Waals surface area contributed by atoms with E-state index in [0.717, 1.165) is 0 Å². The molecular weight excluding hydrogens is 432 g/mol. The smallest absolute Gasteiger partial charge is 0.144 e. The molecule has 0 fully saturated rings. The summed E-state index contributed by atoms with van der Waals surface area (Å²) in [6.07, 6.45) is 0.717. The summed E-state index contributed by atoms with van der Waals surface area (Å²) < 4.78 is 22.1. The lowest BCUT2D eigenvalue weighted by atomic mass is 10.00. The number of aromatic hydroxyl groups is 1. The summed E-state index contributed by atoms with van der Waals surface area (Å²) >= 11 is 1.71. The van der Waals surface area contributed by atoms with Gasteiger partial charge in [-0.2, -0.15) is 0 Å². The monoisotopic (exact) mass is 454 g/mol. The molecule has 146 valence electrons. The largest absolute Gasteiger partial charge is 0.591 e. The lowest BCUT2D eigenvalue weighted by molar-refractivity contribution is 0.186. The molecule has 2 rings (SSSR count). The van der Waals surface area contributed by atoms with Crippen LogP contribution in [0.4, 0.5) is 0 Å². The number of rotatable bonds is 6. The third-order valence-corrected chi connectivity index (χ3v) is 5.66. The van der Waals surface area contributed by atoms with Gasteiger partial charge in [-0.3, -0.25) is 0 Å². The molecule has 0 aliphatic rings. The molecule has 0 aliphatic carbocycles. The minimum absolute atomic E-state index is 0.0554.